The van der Waals surface area contributed by atoms with E-state index in [0.29, 0.717) is 65.8 Å². The van der Waals surface area contributed by atoms with Crippen molar-refractivity contribution in [2.75, 3.05) is 138 Å². The molecule has 0 N–H and O–H groups in total. The molecule has 4 rings (SSSR count). The minimum absolute atomic E-state index is 0.131. The number of methoxy groups -OCH3 is 2. The Kier molecular flexibility index (Phi) is 23.1. The number of likely N-dealkylation sites (N-methyl/N-ethyl adjacent to an activating group) is 1. The number of ether oxygens (including phenoxy) is 8. The molecule has 0 aliphatic heterocycles. The fraction of sp³-hybridized carbons (Fsp3) is 0.469. The highest BCUT2D eigenvalue weighted by molar-refractivity contribution is 5.68. The highest BCUT2D eigenvalue weighted by Crippen LogP contribution is 2.20. The minimum atomic E-state index is -0.417. The number of carbonyl (C=O) groups is 2. The lowest BCUT2D eigenvalue weighted by atomic mass is 10.1. The van der Waals surface area contributed by atoms with E-state index in [2.05, 4.69) is 4.90 Å². The number of hydrogen-bond acceptors (Lipinski definition) is 13. The molecule has 0 spiro atoms. The lowest BCUT2D eigenvalue weighted by Gasteiger charge is -2.23. The quantitative estimate of drug-likeness (QED) is 0.0510. The zero-order valence-corrected chi connectivity index (χ0v) is 38.9. The number of hydrogen-bond donors (Lipinski definition) is 0. The van der Waals surface area contributed by atoms with Gasteiger partial charge in [0.2, 0.25) is 0 Å². The Bertz CT molecular complexity index is 1780. The fourth-order valence-electron chi connectivity index (χ4n) is 6.35. The van der Waals surface area contributed by atoms with E-state index < -0.39 is 12.2 Å². The van der Waals surface area contributed by atoms with Crippen molar-refractivity contribution in [2.45, 2.75) is 26.2 Å². The summed E-state index contributed by atoms with van der Waals surface area (Å²) in [6.45, 7) is 6.55. The smallest absolute Gasteiger partial charge is 0.410 e. The van der Waals surface area contributed by atoms with Gasteiger partial charge in [0.25, 0.3) is 0 Å². The molecule has 15 nitrogen and oxygen atoms in total. The van der Waals surface area contributed by atoms with Gasteiger partial charge in [0.15, 0.2) is 0 Å². The Hall–Kier alpha value is -5.58. The van der Waals surface area contributed by atoms with Crippen molar-refractivity contribution in [1.82, 2.24) is 14.7 Å². The molecule has 0 saturated heterocycles. The minimum Gasteiger partial charge on any atom is -0.497 e. The Labute approximate surface area is 380 Å². The van der Waals surface area contributed by atoms with Gasteiger partial charge < -0.3 is 52.6 Å². The van der Waals surface area contributed by atoms with Crippen LogP contribution in [0.3, 0.4) is 0 Å². The summed E-state index contributed by atoms with van der Waals surface area (Å²) < 4.78 is 44.7. The van der Waals surface area contributed by atoms with Crippen molar-refractivity contribution in [3.63, 3.8) is 0 Å². The maximum Gasteiger partial charge on any atom is 0.410 e. The first-order valence-electron chi connectivity index (χ1n) is 21.7. The van der Waals surface area contributed by atoms with E-state index in [4.69, 9.17) is 37.9 Å². The van der Waals surface area contributed by atoms with E-state index in [-0.39, 0.29) is 26.4 Å². The second kappa shape index (κ2) is 29.0. The van der Waals surface area contributed by atoms with Gasteiger partial charge in [-0.2, -0.15) is 0 Å². The average Bonchev–Trinajstić information content (AvgIpc) is 3.30. The Morgan fingerprint density at radius 2 is 0.766 bits per heavy atom. The van der Waals surface area contributed by atoms with Crippen LogP contribution in [-0.2, 0) is 54.6 Å². The van der Waals surface area contributed by atoms with Crippen LogP contribution in [0, 0.1) is 0 Å². The summed E-state index contributed by atoms with van der Waals surface area (Å²) in [7, 11) is 13.2. The predicted octanol–water partition coefficient (Wildman–Crippen LogP) is 6.81. The van der Waals surface area contributed by atoms with Gasteiger partial charge in [-0.05, 0) is 77.8 Å². The number of carbonyl (C=O) groups excluding carboxylic acids is 2. The molecule has 0 fully saturated rings. The first-order chi connectivity index (χ1) is 31.0. The molecular weight excluding hydrogens is 819 g/mol. The second-order valence-electron chi connectivity index (χ2n) is 15.5. The van der Waals surface area contributed by atoms with Crippen molar-refractivity contribution in [3.8, 4) is 11.5 Å². The Morgan fingerprint density at radius 3 is 1.12 bits per heavy atom. The molecular formula is C49H69N5O10. The molecule has 0 aliphatic carbocycles. The zero-order chi connectivity index (χ0) is 45.9. The SMILES string of the molecule is COc1cccc(CN(Cc2ccc(N(C)C)cc2)C(=O)OCCOCCOCCN(C)CCOCCOCCOC(=O)N(Cc2ccc(N(C)C)cc2)Cc2cccc(OC)c2)c1. The maximum atomic E-state index is 13.2. The molecule has 0 aromatic heterocycles. The summed E-state index contributed by atoms with van der Waals surface area (Å²) in [6.07, 6.45) is -0.833. The van der Waals surface area contributed by atoms with Gasteiger partial charge in [-0.15, -0.1) is 0 Å². The molecule has 4 aromatic rings. The summed E-state index contributed by atoms with van der Waals surface area (Å²) in [5.41, 5.74) is 6.05. The third kappa shape index (κ3) is 19.4. The third-order valence-corrected chi connectivity index (χ3v) is 10.1. The first-order valence-corrected chi connectivity index (χ1v) is 21.7. The molecule has 350 valence electrons. The van der Waals surface area contributed by atoms with Crippen LogP contribution in [0.15, 0.2) is 97.1 Å². The molecule has 64 heavy (non-hydrogen) atoms. The molecule has 0 bridgehead atoms. The van der Waals surface area contributed by atoms with Crippen molar-refractivity contribution < 1.29 is 47.5 Å². The normalized spacial score (nSPS) is 11.0. The van der Waals surface area contributed by atoms with E-state index in [9.17, 15) is 9.59 Å². The predicted molar refractivity (Wildman–Crippen MR) is 249 cm³/mol. The standard InChI is InChI=1S/C49H69N5O10/c1-50(2)44-18-14-40(15-19-44)36-53(38-42-10-8-12-46(34-42)57-6)48(55)63-32-30-61-28-26-59-24-22-52(5)23-25-60-27-29-62-31-33-64-49(56)54(39-43-11-9-13-47(35-43)58-7)37-41-16-20-45(21-17-41)51(3)4/h8-21,34-35H,22-33,36-39H2,1-7H3. The van der Waals surface area contributed by atoms with Crippen LogP contribution >= 0.6 is 0 Å². The van der Waals surface area contributed by atoms with E-state index in [1.807, 2.05) is 142 Å². The molecule has 2 amide bonds. The largest absolute Gasteiger partial charge is 0.497 e. The van der Waals surface area contributed by atoms with Gasteiger partial charge in [0.1, 0.15) is 24.7 Å². The fourth-order valence-corrected chi connectivity index (χ4v) is 6.35. The van der Waals surface area contributed by atoms with Crippen LogP contribution in [0.1, 0.15) is 22.3 Å². The molecule has 0 atom stereocenters. The van der Waals surface area contributed by atoms with Gasteiger partial charge in [0.05, 0.1) is 67.1 Å². The van der Waals surface area contributed by atoms with Crippen molar-refractivity contribution in [2.24, 2.45) is 0 Å². The third-order valence-electron chi connectivity index (χ3n) is 10.1. The van der Waals surface area contributed by atoms with E-state index in [1.165, 1.54) is 0 Å². The molecule has 0 radical (unpaired) electrons. The highest BCUT2D eigenvalue weighted by atomic mass is 16.6. The Balaban J connectivity index is 1.02. The van der Waals surface area contributed by atoms with Crippen LogP contribution in [0.2, 0.25) is 0 Å². The zero-order valence-electron chi connectivity index (χ0n) is 38.9. The van der Waals surface area contributed by atoms with Crippen molar-refractivity contribution >= 4 is 23.6 Å². The topological polar surface area (TPSA) is 124 Å². The molecule has 4 aromatic carbocycles. The van der Waals surface area contributed by atoms with Gasteiger partial charge in [-0.1, -0.05) is 48.5 Å². The number of nitrogens with zero attached hydrogens (tertiary/aromatic N) is 5. The average molecular weight is 888 g/mol. The van der Waals surface area contributed by atoms with Crippen LogP contribution in [0.5, 0.6) is 11.5 Å². The summed E-state index contributed by atoms with van der Waals surface area (Å²) in [6, 6.07) is 31.5. The Morgan fingerprint density at radius 1 is 0.422 bits per heavy atom. The number of amides is 2. The molecule has 0 heterocycles. The maximum absolute atomic E-state index is 13.2. The van der Waals surface area contributed by atoms with Gasteiger partial charge in [-0.3, -0.25) is 9.80 Å². The van der Waals surface area contributed by atoms with Gasteiger partial charge in [-0.25, -0.2) is 9.59 Å². The lowest BCUT2D eigenvalue weighted by molar-refractivity contribution is 0.0103. The highest BCUT2D eigenvalue weighted by Gasteiger charge is 2.19. The van der Waals surface area contributed by atoms with E-state index in [0.717, 1.165) is 58.2 Å². The monoisotopic (exact) mass is 888 g/mol. The van der Waals surface area contributed by atoms with E-state index >= 15 is 0 Å². The molecule has 15 heteroatoms. The summed E-state index contributed by atoms with van der Waals surface area (Å²) in [5.74, 6) is 1.46. The van der Waals surface area contributed by atoms with Crippen LogP contribution in [-0.4, -0.2) is 156 Å². The van der Waals surface area contributed by atoms with Gasteiger partial charge in [0, 0.05) is 78.8 Å². The first kappa shape index (κ1) is 51.1. The van der Waals surface area contributed by atoms with Crippen LogP contribution in [0.25, 0.3) is 0 Å². The summed E-state index contributed by atoms with van der Waals surface area (Å²) in [5, 5.41) is 0. The summed E-state index contributed by atoms with van der Waals surface area (Å²) in [4.78, 5) is 35.9. The van der Waals surface area contributed by atoms with Crippen molar-refractivity contribution in [1.29, 1.82) is 0 Å². The van der Waals surface area contributed by atoms with Gasteiger partial charge >= 0.3 is 12.2 Å². The van der Waals surface area contributed by atoms with E-state index in [1.54, 1.807) is 24.0 Å². The molecule has 0 saturated carbocycles. The van der Waals surface area contributed by atoms with Crippen LogP contribution in [0.4, 0.5) is 21.0 Å². The molecule has 0 aliphatic rings. The van der Waals surface area contributed by atoms with Crippen molar-refractivity contribution in [3.05, 3.63) is 119 Å². The lowest BCUT2D eigenvalue weighted by Crippen LogP contribution is -2.31. The molecule has 0 unspecified atom stereocenters. The van der Waals surface area contributed by atoms with Crippen LogP contribution < -0.4 is 19.3 Å². The summed E-state index contributed by atoms with van der Waals surface area (Å²) >= 11 is 0. The number of anilines is 2. The second-order valence-corrected chi connectivity index (χ2v) is 15.5. The number of rotatable bonds is 30. The number of benzene rings is 4.